The number of aliphatic imine (C=N–C) groups is 1. The van der Waals surface area contributed by atoms with Gasteiger partial charge >= 0.3 is 0 Å². The lowest BCUT2D eigenvalue weighted by Gasteiger charge is -2.12. The number of ether oxygens (including phenoxy) is 3. The van der Waals surface area contributed by atoms with Gasteiger partial charge in [0.05, 0.1) is 0 Å². The van der Waals surface area contributed by atoms with Crippen LogP contribution in [0, 0.1) is 5.92 Å². The monoisotopic (exact) mass is 463 g/mol. The van der Waals surface area contributed by atoms with Crippen LogP contribution in [-0.4, -0.2) is 46.1 Å². The van der Waals surface area contributed by atoms with Crippen molar-refractivity contribution in [2.75, 3.05) is 40.1 Å². The lowest BCUT2D eigenvalue weighted by atomic mass is 10.1. The van der Waals surface area contributed by atoms with Crippen molar-refractivity contribution in [1.82, 2.24) is 10.6 Å². The normalized spacial score (nSPS) is 12.9. The summed E-state index contributed by atoms with van der Waals surface area (Å²) in [5, 5.41) is 6.62. The van der Waals surface area contributed by atoms with Crippen LogP contribution >= 0.6 is 24.0 Å². The number of guanidine groups is 1. The Morgan fingerprint density at radius 3 is 2.72 bits per heavy atom. The van der Waals surface area contributed by atoms with Crippen LogP contribution < -0.4 is 20.1 Å². The van der Waals surface area contributed by atoms with E-state index in [1.807, 2.05) is 12.1 Å². The summed E-state index contributed by atoms with van der Waals surface area (Å²) in [5.74, 6) is 3.06. The van der Waals surface area contributed by atoms with E-state index in [4.69, 9.17) is 14.2 Å². The van der Waals surface area contributed by atoms with Gasteiger partial charge in [-0.2, -0.15) is 0 Å². The molecule has 2 rings (SSSR count). The van der Waals surface area contributed by atoms with Crippen molar-refractivity contribution in [3.05, 3.63) is 23.8 Å². The highest BCUT2D eigenvalue weighted by atomic mass is 127. The van der Waals surface area contributed by atoms with Gasteiger partial charge in [0.15, 0.2) is 17.5 Å². The molecule has 0 radical (unpaired) electrons. The first kappa shape index (κ1) is 21.8. The number of halogens is 1. The van der Waals surface area contributed by atoms with Gasteiger partial charge in [-0.25, -0.2) is 0 Å². The molecule has 1 aliphatic rings. The van der Waals surface area contributed by atoms with Crippen LogP contribution in [0.3, 0.4) is 0 Å². The van der Waals surface area contributed by atoms with Gasteiger partial charge < -0.3 is 24.8 Å². The molecule has 0 fully saturated rings. The number of rotatable bonds is 9. The molecule has 0 saturated carbocycles. The molecule has 1 aliphatic heterocycles. The van der Waals surface area contributed by atoms with E-state index in [-0.39, 0.29) is 24.0 Å². The van der Waals surface area contributed by atoms with E-state index in [1.165, 1.54) is 5.56 Å². The zero-order chi connectivity index (χ0) is 17.2. The van der Waals surface area contributed by atoms with Gasteiger partial charge in [0.1, 0.15) is 0 Å². The number of hydrogen-bond donors (Lipinski definition) is 2. The van der Waals surface area contributed by atoms with Crippen LogP contribution in [0.15, 0.2) is 23.2 Å². The molecule has 2 N–H and O–H groups in total. The predicted octanol–water partition coefficient (Wildman–Crippen LogP) is 2.80. The van der Waals surface area contributed by atoms with Crippen LogP contribution in [0.2, 0.25) is 0 Å². The van der Waals surface area contributed by atoms with Crippen molar-refractivity contribution in [1.29, 1.82) is 0 Å². The van der Waals surface area contributed by atoms with Crippen molar-refractivity contribution in [3.8, 4) is 11.5 Å². The Hall–Kier alpha value is -1.22. The summed E-state index contributed by atoms with van der Waals surface area (Å²) in [4.78, 5) is 4.23. The third-order valence-corrected chi connectivity index (χ3v) is 3.58. The molecule has 0 amide bonds. The fraction of sp³-hybridized carbons (Fsp3) is 0.611. The summed E-state index contributed by atoms with van der Waals surface area (Å²) in [6, 6.07) is 6.06. The second-order valence-electron chi connectivity index (χ2n) is 6.19. The van der Waals surface area contributed by atoms with E-state index >= 15 is 0 Å². The Labute approximate surface area is 167 Å². The predicted molar refractivity (Wildman–Crippen MR) is 111 cm³/mol. The van der Waals surface area contributed by atoms with Crippen molar-refractivity contribution in [2.24, 2.45) is 10.9 Å². The molecule has 1 aromatic rings. The molecule has 7 heteroatoms. The summed E-state index contributed by atoms with van der Waals surface area (Å²) in [6.45, 7) is 7.88. The minimum absolute atomic E-state index is 0. The fourth-order valence-corrected chi connectivity index (χ4v) is 2.34. The Kier molecular flexibility index (Phi) is 10.6. The van der Waals surface area contributed by atoms with Gasteiger partial charge in [-0.3, -0.25) is 4.99 Å². The first-order valence-corrected chi connectivity index (χ1v) is 8.60. The van der Waals surface area contributed by atoms with Crippen molar-refractivity contribution in [3.63, 3.8) is 0 Å². The summed E-state index contributed by atoms with van der Waals surface area (Å²) in [6.07, 6.45) is 1.87. The van der Waals surface area contributed by atoms with Crippen LogP contribution in [0.1, 0.15) is 25.8 Å². The maximum Gasteiger partial charge on any atom is 0.231 e. The number of benzene rings is 1. The third-order valence-electron chi connectivity index (χ3n) is 3.58. The highest BCUT2D eigenvalue weighted by Gasteiger charge is 2.12. The lowest BCUT2D eigenvalue weighted by molar-refractivity contribution is 0.108. The molecule has 6 nitrogen and oxygen atoms in total. The molecular formula is C18H30IN3O3. The molecule has 0 aliphatic carbocycles. The molecule has 0 spiro atoms. The molecule has 0 bridgehead atoms. The van der Waals surface area contributed by atoms with Crippen LogP contribution in [-0.2, 0) is 11.2 Å². The molecule has 0 aromatic heterocycles. The highest BCUT2D eigenvalue weighted by Crippen LogP contribution is 2.32. The molecule has 1 heterocycles. The van der Waals surface area contributed by atoms with Crippen LogP contribution in [0.5, 0.6) is 11.5 Å². The van der Waals surface area contributed by atoms with E-state index in [9.17, 15) is 0 Å². The third kappa shape index (κ3) is 8.13. The maximum atomic E-state index is 5.56. The minimum Gasteiger partial charge on any atom is -0.454 e. The molecular weight excluding hydrogens is 433 g/mol. The number of nitrogens with zero attached hydrogens (tertiary/aromatic N) is 1. The molecule has 0 atom stereocenters. The van der Waals surface area contributed by atoms with Crippen molar-refractivity contribution in [2.45, 2.75) is 26.7 Å². The van der Waals surface area contributed by atoms with Crippen molar-refractivity contribution < 1.29 is 14.2 Å². The maximum absolute atomic E-state index is 5.56. The summed E-state index contributed by atoms with van der Waals surface area (Å²) >= 11 is 0. The Morgan fingerprint density at radius 1 is 1.20 bits per heavy atom. The Balaban J connectivity index is 0.00000312. The quantitative estimate of drug-likeness (QED) is 0.255. The average molecular weight is 463 g/mol. The summed E-state index contributed by atoms with van der Waals surface area (Å²) in [7, 11) is 1.78. The van der Waals surface area contributed by atoms with Crippen LogP contribution in [0.4, 0.5) is 0 Å². The van der Waals surface area contributed by atoms with Gasteiger partial charge in [-0.05, 0) is 36.5 Å². The zero-order valence-electron chi connectivity index (χ0n) is 15.3. The second kappa shape index (κ2) is 12.2. The fourth-order valence-electron chi connectivity index (χ4n) is 2.34. The number of hydrogen-bond acceptors (Lipinski definition) is 4. The smallest absolute Gasteiger partial charge is 0.231 e. The number of nitrogens with one attached hydrogen (secondary N) is 2. The highest BCUT2D eigenvalue weighted by molar-refractivity contribution is 14.0. The van der Waals surface area contributed by atoms with Crippen LogP contribution in [0.25, 0.3) is 0 Å². The van der Waals surface area contributed by atoms with E-state index in [0.717, 1.165) is 56.6 Å². The van der Waals surface area contributed by atoms with Gasteiger partial charge in [0.2, 0.25) is 6.79 Å². The zero-order valence-corrected chi connectivity index (χ0v) is 17.7. The van der Waals surface area contributed by atoms with Gasteiger partial charge in [0, 0.05) is 33.4 Å². The molecule has 142 valence electrons. The molecule has 25 heavy (non-hydrogen) atoms. The largest absolute Gasteiger partial charge is 0.454 e. The molecule has 0 unspecified atom stereocenters. The minimum atomic E-state index is 0. The Morgan fingerprint density at radius 2 is 1.96 bits per heavy atom. The van der Waals surface area contributed by atoms with E-state index in [2.05, 4.69) is 35.5 Å². The number of fused-ring (bicyclic) bond motifs is 1. The summed E-state index contributed by atoms with van der Waals surface area (Å²) in [5.41, 5.74) is 1.21. The SMILES string of the molecule is CN=C(NCCCOCC(C)C)NCCc1ccc2c(c1)OCO2.I. The second-order valence-corrected chi connectivity index (χ2v) is 6.19. The first-order chi connectivity index (χ1) is 11.7. The topological polar surface area (TPSA) is 64.1 Å². The molecule has 0 saturated heterocycles. The van der Waals surface area contributed by atoms with Gasteiger partial charge in [-0.15, -0.1) is 24.0 Å². The van der Waals surface area contributed by atoms with Gasteiger partial charge in [0.25, 0.3) is 0 Å². The van der Waals surface area contributed by atoms with E-state index < -0.39 is 0 Å². The summed E-state index contributed by atoms with van der Waals surface area (Å²) < 4.78 is 16.3. The lowest BCUT2D eigenvalue weighted by Crippen LogP contribution is -2.39. The van der Waals surface area contributed by atoms with E-state index in [1.54, 1.807) is 7.05 Å². The Bertz CT molecular complexity index is 538. The van der Waals surface area contributed by atoms with Gasteiger partial charge in [-0.1, -0.05) is 19.9 Å². The standard InChI is InChI=1S/C18H29N3O3.HI/c1-14(2)12-22-10-4-8-20-18(19-3)21-9-7-15-5-6-16-17(11-15)24-13-23-16;/h5-6,11,14H,4,7-10,12-13H2,1-3H3,(H2,19,20,21);1H. The van der Waals surface area contributed by atoms with Crippen molar-refractivity contribution >= 4 is 29.9 Å². The molecule has 1 aromatic carbocycles. The average Bonchev–Trinajstić information content (AvgIpc) is 3.03. The van der Waals surface area contributed by atoms with E-state index in [0.29, 0.717) is 12.7 Å². The first-order valence-electron chi connectivity index (χ1n) is 8.60.